The molecule has 9 heteroatoms. The minimum atomic E-state index is -1.22. The molecule has 2 atom stereocenters. The fourth-order valence-electron chi connectivity index (χ4n) is 2.21. The van der Waals surface area contributed by atoms with Crippen molar-refractivity contribution in [3.8, 4) is 0 Å². The van der Waals surface area contributed by atoms with Gasteiger partial charge in [-0.3, -0.25) is 14.9 Å². The summed E-state index contributed by atoms with van der Waals surface area (Å²) in [6.07, 6.45) is -0.978. The number of likely N-dealkylation sites (tertiary alicyclic amines) is 1. The van der Waals surface area contributed by atoms with E-state index >= 15 is 0 Å². The monoisotopic (exact) mass is 271 g/mol. The highest BCUT2D eigenvalue weighted by Gasteiger charge is 2.42. The number of carbonyl (C=O) groups is 4. The first-order valence-corrected chi connectivity index (χ1v) is 5.67. The van der Waals surface area contributed by atoms with E-state index in [2.05, 4.69) is 0 Å². The average molecular weight is 271 g/mol. The van der Waals surface area contributed by atoms with Crippen molar-refractivity contribution in [3.63, 3.8) is 0 Å². The molecule has 2 saturated heterocycles. The molecule has 2 heterocycles. The molecule has 9 nitrogen and oxygen atoms in total. The second-order valence-corrected chi connectivity index (χ2v) is 4.51. The molecule has 0 aromatic heterocycles. The van der Waals surface area contributed by atoms with Gasteiger partial charge >= 0.3 is 12.0 Å². The van der Waals surface area contributed by atoms with Crippen molar-refractivity contribution in [1.82, 2.24) is 15.1 Å². The van der Waals surface area contributed by atoms with Crippen molar-refractivity contribution >= 4 is 23.8 Å². The van der Waals surface area contributed by atoms with Crippen molar-refractivity contribution in [2.24, 2.45) is 0 Å². The first-order chi connectivity index (χ1) is 8.88. The molecule has 19 heavy (non-hydrogen) atoms. The van der Waals surface area contributed by atoms with E-state index in [1.54, 1.807) is 0 Å². The Balaban J connectivity index is 2.12. The van der Waals surface area contributed by atoms with Crippen molar-refractivity contribution in [2.45, 2.75) is 18.6 Å². The molecule has 2 rings (SSSR count). The second-order valence-electron chi connectivity index (χ2n) is 4.51. The van der Waals surface area contributed by atoms with E-state index in [0.29, 0.717) is 0 Å². The third-order valence-electron chi connectivity index (χ3n) is 3.03. The van der Waals surface area contributed by atoms with Gasteiger partial charge in [0, 0.05) is 13.0 Å². The van der Waals surface area contributed by atoms with Gasteiger partial charge in [-0.2, -0.15) is 0 Å². The van der Waals surface area contributed by atoms with Crippen LogP contribution in [0.25, 0.3) is 0 Å². The summed E-state index contributed by atoms with van der Waals surface area (Å²) >= 11 is 0. The Bertz CT molecular complexity index is 435. The average Bonchev–Trinajstić information content (AvgIpc) is 2.69. The van der Waals surface area contributed by atoms with E-state index in [-0.39, 0.29) is 26.1 Å². The molecule has 2 aliphatic rings. The van der Waals surface area contributed by atoms with Crippen LogP contribution in [0.2, 0.25) is 0 Å². The maximum Gasteiger partial charge on any atom is 0.326 e. The quantitative estimate of drug-likeness (QED) is 0.456. The van der Waals surface area contributed by atoms with E-state index in [1.165, 1.54) is 0 Å². The molecule has 104 valence electrons. The SMILES string of the molecule is O=C1CN(C(=O)N2CC(O)C[C@H]2C(=O)O)CC(=O)N1. The number of rotatable bonds is 1. The minimum Gasteiger partial charge on any atom is -0.480 e. The lowest BCUT2D eigenvalue weighted by Gasteiger charge is -2.31. The number of aliphatic carboxylic acids is 1. The standard InChI is InChI=1S/C10H13N3O6/c14-5-1-6(9(17)18)13(2-5)10(19)12-3-7(15)11-8(16)4-12/h5-6,14H,1-4H2,(H,17,18)(H,11,15,16)/t5?,6-/m0/s1. The molecule has 0 saturated carbocycles. The highest BCUT2D eigenvalue weighted by molar-refractivity contribution is 6.02. The Morgan fingerprint density at radius 2 is 1.79 bits per heavy atom. The Kier molecular flexibility index (Phi) is 3.38. The van der Waals surface area contributed by atoms with Crippen LogP contribution in [0.5, 0.6) is 0 Å². The molecule has 0 radical (unpaired) electrons. The summed E-state index contributed by atoms with van der Waals surface area (Å²) in [6.45, 7) is -0.727. The summed E-state index contributed by atoms with van der Waals surface area (Å²) in [5.74, 6) is -2.45. The van der Waals surface area contributed by atoms with Gasteiger partial charge in [-0.15, -0.1) is 0 Å². The molecule has 4 amide bonds. The van der Waals surface area contributed by atoms with E-state index in [1.807, 2.05) is 5.32 Å². The van der Waals surface area contributed by atoms with Crippen LogP contribution >= 0.6 is 0 Å². The molecule has 2 fully saturated rings. The van der Waals surface area contributed by atoms with Gasteiger partial charge in [-0.25, -0.2) is 9.59 Å². The second kappa shape index (κ2) is 4.84. The molecular weight excluding hydrogens is 258 g/mol. The van der Waals surface area contributed by atoms with Gasteiger partial charge in [0.1, 0.15) is 19.1 Å². The van der Waals surface area contributed by atoms with Crippen molar-refractivity contribution in [3.05, 3.63) is 0 Å². The topological polar surface area (TPSA) is 127 Å². The number of piperazine rings is 1. The van der Waals surface area contributed by atoms with E-state index in [0.717, 1.165) is 9.80 Å². The lowest BCUT2D eigenvalue weighted by Crippen LogP contribution is -2.57. The first-order valence-electron chi connectivity index (χ1n) is 5.67. The number of aliphatic hydroxyl groups excluding tert-OH is 1. The van der Waals surface area contributed by atoms with Gasteiger partial charge < -0.3 is 20.0 Å². The number of urea groups is 1. The summed E-state index contributed by atoms with van der Waals surface area (Å²) in [7, 11) is 0. The number of aliphatic hydroxyl groups is 1. The van der Waals surface area contributed by atoms with Crippen LogP contribution in [-0.4, -0.2) is 75.6 Å². The summed E-state index contributed by atoms with van der Waals surface area (Å²) in [4.78, 5) is 47.4. The number of hydrogen-bond donors (Lipinski definition) is 3. The number of imide groups is 1. The van der Waals surface area contributed by atoms with Gasteiger partial charge in [0.05, 0.1) is 6.10 Å². The summed E-state index contributed by atoms with van der Waals surface area (Å²) < 4.78 is 0. The predicted octanol–water partition coefficient (Wildman–Crippen LogP) is -2.42. The molecule has 0 aliphatic carbocycles. The molecule has 1 unspecified atom stereocenters. The summed E-state index contributed by atoms with van der Waals surface area (Å²) in [5, 5.41) is 20.5. The van der Waals surface area contributed by atoms with Crippen LogP contribution < -0.4 is 5.32 Å². The van der Waals surface area contributed by atoms with Gasteiger partial charge in [-0.05, 0) is 0 Å². The van der Waals surface area contributed by atoms with Crippen molar-refractivity contribution in [1.29, 1.82) is 0 Å². The molecule has 3 N–H and O–H groups in total. The van der Waals surface area contributed by atoms with Crippen molar-refractivity contribution < 1.29 is 29.4 Å². The van der Waals surface area contributed by atoms with Crippen molar-refractivity contribution in [2.75, 3.05) is 19.6 Å². The normalized spacial score (nSPS) is 27.4. The fraction of sp³-hybridized carbons (Fsp3) is 0.600. The fourth-order valence-corrected chi connectivity index (χ4v) is 2.21. The zero-order valence-corrected chi connectivity index (χ0v) is 9.90. The number of amides is 4. The number of nitrogens with zero attached hydrogens (tertiary/aromatic N) is 2. The molecule has 0 spiro atoms. The maximum absolute atomic E-state index is 12.1. The Morgan fingerprint density at radius 1 is 1.21 bits per heavy atom. The lowest BCUT2D eigenvalue weighted by atomic mass is 10.2. The third kappa shape index (κ3) is 2.65. The zero-order valence-electron chi connectivity index (χ0n) is 9.90. The zero-order chi connectivity index (χ0) is 14.2. The van der Waals surface area contributed by atoms with Gasteiger partial charge in [-0.1, -0.05) is 0 Å². The lowest BCUT2D eigenvalue weighted by molar-refractivity contribution is -0.141. The molecule has 0 aromatic carbocycles. The Hall–Kier alpha value is -2.16. The maximum atomic E-state index is 12.1. The predicted molar refractivity (Wildman–Crippen MR) is 58.9 cm³/mol. The van der Waals surface area contributed by atoms with Crippen LogP contribution in [0.4, 0.5) is 4.79 Å². The number of carboxylic acid groups (broad SMARTS) is 1. The van der Waals surface area contributed by atoms with Crippen LogP contribution in [0, 0.1) is 0 Å². The van der Waals surface area contributed by atoms with Gasteiger partial charge in [0.15, 0.2) is 0 Å². The van der Waals surface area contributed by atoms with Crippen LogP contribution in [0.3, 0.4) is 0 Å². The number of β-amino-alcohol motifs (C(OH)–C–C–N with tert-alkyl or cyclic N) is 1. The number of nitrogens with one attached hydrogen (secondary N) is 1. The van der Waals surface area contributed by atoms with E-state index < -0.39 is 36.0 Å². The minimum absolute atomic E-state index is 0.0605. The van der Waals surface area contributed by atoms with E-state index in [9.17, 15) is 24.3 Å². The van der Waals surface area contributed by atoms with E-state index in [4.69, 9.17) is 5.11 Å². The summed E-state index contributed by atoms with van der Waals surface area (Å²) in [6, 6.07) is -1.87. The summed E-state index contributed by atoms with van der Waals surface area (Å²) in [5.41, 5.74) is 0. The molecule has 0 bridgehead atoms. The number of carboxylic acids is 1. The first kappa shape index (κ1) is 13.3. The van der Waals surface area contributed by atoms with Gasteiger partial charge in [0.2, 0.25) is 11.8 Å². The van der Waals surface area contributed by atoms with Crippen LogP contribution in [-0.2, 0) is 14.4 Å². The molecule has 2 aliphatic heterocycles. The highest BCUT2D eigenvalue weighted by Crippen LogP contribution is 2.20. The van der Waals surface area contributed by atoms with Crippen LogP contribution in [0.15, 0.2) is 0 Å². The molecular formula is C10H13N3O6. The number of hydrogen-bond acceptors (Lipinski definition) is 5. The van der Waals surface area contributed by atoms with Gasteiger partial charge in [0.25, 0.3) is 0 Å². The third-order valence-corrected chi connectivity index (χ3v) is 3.03. The number of carbonyl (C=O) groups excluding carboxylic acids is 3. The molecule has 0 aromatic rings. The Labute approximate surface area is 107 Å². The largest absolute Gasteiger partial charge is 0.480 e. The van der Waals surface area contributed by atoms with Crippen LogP contribution in [0.1, 0.15) is 6.42 Å². The Morgan fingerprint density at radius 3 is 2.32 bits per heavy atom. The highest BCUT2D eigenvalue weighted by atomic mass is 16.4. The smallest absolute Gasteiger partial charge is 0.326 e.